The first kappa shape index (κ1) is 82.3. The zero-order chi connectivity index (χ0) is 82.3. The lowest BCUT2D eigenvalue weighted by Crippen LogP contribution is -2.30. The van der Waals surface area contributed by atoms with E-state index < -0.39 is 71.4 Å². The van der Waals surface area contributed by atoms with E-state index in [9.17, 15) is 55.1 Å². The van der Waals surface area contributed by atoms with Gasteiger partial charge in [-0.2, -0.15) is 0 Å². The molecule has 9 aromatic rings. The number of carboxylic acid groups (broad SMARTS) is 1. The number of aromatic carboxylic acids is 1. The van der Waals surface area contributed by atoms with E-state index in [1.54, 1.807) is 69.3 Å². The van der Waals surface area contributed by atoms with Crippen molar-refractivity contribution in [3.63, 3.8) is 0 Å². The van der Waals surface area contributed by atoms with Crippen LogP contribution < -0.4 is 33.9 Å². The van der Waals surface area contributed by atoms with Gasteiger partial charge in [0.15, 0.2) is 34.5 Å². The van der Waals surface area contributed by atoms with Crippen LogP contribution >= 0.6 is 11.6 Å². The molecule has 0 amide bonds. The number of rotatable bonds is 21. The van der Waals surface area contributed by atoms with Gasteiger partial charge in [0.25, 0.3) is 0 Å². The minimum atomic E-state index is -3.70. The van der Waals surface area contributed by atoms with Crippen molar-refractivity contribution in [1.82, 2.24) is 15.0 Å². The normalized spacial score (nSPS) is 16.4. The second-order valence-corrected chi connectivity index (χ2v) is 30.8. The molecule has 0 spiro atoms. The number of benzene rings is 6. The van der Waals surface area contributed by atoms with Gasteiger partial charge in [0.1, 0.15) is 33.7 Å². The Hall–Kier alpha value is -11.2. The molecule has 6 aliphatic rings. The van der Waals surface area contributed by atoms with Crippen molar-refractivity contribution in [1.29, 1.82) is 0 Å². The van der Waals surface area contributed by atoms with Crippen LogP contribution in [0.2, 0.25) is 5.15 Å². The lowest BCUT2D eigenvalue weighted by molar-refractivity contribution is -0.287. The van der Waals surface area contributed by atoms with Crippen LogP contribution in [0.5, 0.6) is 34.5 Å². The molecule has 15 rings (SSSR count). The highest BCUT2D eigenvalue weighted by atomic mass is 35.5. The first-order valence-corrected chi connectivity index (χ1v) is 37.4. The molecule has 0 saturated heterocycles. The summed E-state index contributed by atoms with van der Waals surface area (Å²) >= 11 is 6.13. The summed E-state index contributed by atoms with van der Waals surface area (Å²) < 4.78 is 118. The van der Waals surface area contributed by atoms with E-state index in [1.807, 2.05) is 84.0 Å². The molecule has 3 saturated carbocycles. The Bertz CT molecular complexity index is 5190. The van der Waals surface area contributed by atoms with Crippen LogP contribution in [-0.2, 0) is 78.6 Å². The van der Waals surface area contributed by atoms with Gasteiger partial charge in [-0.3, -0.25) is 24.4 Å². The van der Waals surface area contributed by atoms with Crippen molar-refractivity contribution in [2.45, 2.75) is 186 Å². The number of pyridine rings is 3. The van der Waals surface area contributed by atoms with Gasteiger partial charge >= 0.3 is 43.9 Å². The predicted octanol–water partition coefficient (Wildman–Crippen LogP) is 16.4. The summed E-state index contributed by atoms with van der Waals surface area (Å²) in [7, 11) is -1.52. The number of carboxylic acids is 1. The molecule has 6 aromatic carbocycles. The van der Waals surface area contributed by atoms with Crippen molar-refractivity contribution in [3.05, 3.63) is 236 Å². The Balaban J connectivity index is 0.000000146. The highest BCUT2D eigenvalue weighted by Crippen LogP contribution is 2.56. The molecule has 594 valence electrons. The molecule has 0 bridgehead atoms. The third-order valence-corrected chi connectivity index (χ3v) is 20.3. The summed E-state index contributed by atoms with van der Waals surface area (Å²) in [6.07, 6.45) is -4.63. The van der Waals surface area contributed by atoms with E-state index in [-0.39, 0.29) is 76.7 Å². The average molecular weight is 1590 g/mol. The summed E-state index contributed by atoms with van der Waals surface area (Å²) in [5.41, 5.74) is 7.85. The number of esters is 2. The highest BCUT2D eigenvalue weighted by Gasteiger charge is 2.55. The standard InChI is InChI=1S/C30H29F2NO5.C26H21F2NO5.C19H16ClF2NO3.C11H15BO4/c1-5-18-10-12-22(33-26(18)19-6-8-20(9-7-19)27(35)38-28(2,3)4)17-25(34)29(14-15-29)21-11-13-23-24(16-21)37-30(31,32)36-23;1-2-15-7-9-19(29-23(15)16-3-5-17(6-4-16)24(31)32)14-22(30)25(11-12-25)18-8-10-20-21(13-18)34-26(27,28)33-20;1-2-11-3-5-13(23-17(11)20)10-16(24)18(7-8-18)12-4-6-14-15(9-12)26-19(21,22)25-14;1-11(2,3)16-10(13)8-4-6-9(7-5-8)12(14)15/h6-13,16H,5,14-15,17H2,1-4H3;3-10,13H,2,11-12,14H2,1H3,(H,31,32);3-6,9H,2,7-8,10H2,1H3;4-7,14-15H,1-3H3. The number of hydrogen-bond donors (Lipinski definition) is 3. The zero-order valence-electron chi connectivity index (χ0n) is 63.7. The second kappa shape index (κ2) is 32.0. The predicted molar refractivity (Wildman–Crippen MR) is 407 cm³/mol. The third kappa shape index (κ3) is 19.0. The number of halogens is 7. The van der Waals surface area contributed by atoms with Crippen LogP contribution in [0.15, 0.2) is 164 Å². The summed E-state index contributed by atoms with van der Waals surface area (Å²) in [4.78, 5) is 88.6. The van der Waals surface area contributed by atoms with Crippen LogP contribution in [0.4, 0.5) is 26.3 Å². The molecule has 0 unspecified atom stereocenters. The van der Waals surface area contributed by atoms with Gasteiger partial charge in [-0.1, -0.05) is 105 Å². The van der Waals surface area contributed by atoms with E-state index >= 15 is 0 Å². The topological polar surface area (TPSA) is 276 Å². The Morgan fingerprint density at radius 3 is 1.00 bits per heavy atom. The van der Waals surface area contributed by atoms with Crippen LogP contribution in [0.25, 0.3) is 22.5 Å². The Morgan fingerprint density at radius 1 is 0.412 bits per heavy atom. The Kier molecular flexibility index (Phi) is 23.1. The number of aromatic nitrogens is 3. The third-order valence-electron chi connectivity index (χ3n) is 20.0. The van der Waals surface area contributed by atoms with Gasteiger partial charge in [0.2, 0.25) is 0 Å². The molecule has 3 aliphatic carbocycles. The summed E-state index contributed by atoms with van der Waals surface area (Å²) in [6, 6.07) is 44.4. The Labute approximate surface area is 658 Å². The first-order valence-electron chi connectivity index (χ1n) is 37.0. The quantitative estimate of drug-likeness (QED) is 0.0261. The van der Waals surface area contributed by atoms with E-state index in [2.05, 4.69) is 33.4 Å². The SMILES string of the molecule is CC(C)(C)OC(=O)c1ccc(B(O)O)cc1.CCc1ccc(CC(=O)C2(c3ccc4c(c3)OC(F)(F)O4)CC2)nc1-c1ccc(C(=O)O)cc1.CCc1ccc(CC(=O)C2(c3ccc4c(c3)OC(F)(F)O4)CC2)nc1-c1ccc(C(=O)OC(C)(C)C)cc1.CCc1ccc(CC(=O)C2(c3ccc4c(c3)OC(F)(F)O4)CC2)nc1Cl. The number of carbonyl (C=O) groups excluding carboxylic acids is 5. The molecule has 0 radical (unpaired) electrons. The minimum absolute atomic E-state index is 0.00376. The van der Waals surface area contributed by atoms with Crippen molar-refractivity contribution in [3.8, 4) is 57.0 Å². The maximum atomic E-state index is 13.5. The van der Waals surface area contributed by atoms with Gasteiger partial charge in [-0.05, 0) is 229 Å². The monoisotopic (exact) mass is 1590 g/mol. The second-order valence-electron chi connectivity index (χ2n) is 30.4. The van der Waals surface area contributed by atoms with Crippen molar-refractivity contribution in [2.75, 3.05) is 0 Å². The fourth-order valence-corrected chi connectivity index (χ4v) is 13.8. The van der Waals surface area contributed by atoms with E-state index in [0.717, 1.165) is 52.8 Å². The van der Waals surface area contributed by atoms with Crippen molar-refractivity contribution in [2.24, 2.45) is 0 Å². The van der Waals surface area contributed by atoms with Crippen molar-refractivity contribution < 1.29 is 108 Å². The number of ketones is 3. The number of alkyl halides is 6. The summed E-state index contributed by atoms with van der Waals surface area (Å²) in [5, 5.41) is 27.3. The maximum absolute atomic E-state index is 13.5. The number of carbonyl (C=O) groups is 6. The molecule has 3 aliphatic heterocycles. The Morgan fingerprint density at radius 2 is 0.711 bits per heavy atom. The minimum Gasteiger partial charge on any atom is -0.478 e. The van der Waals surface area contributed by atoms with Gasteiger partial charge in [0, 0.05) is 47.5 Å². The number of nitrogens with zero attached hydrogens (tertiary/aromatic N) is 3. The van der Waals surface area contributed by atoms with Crippen molar-refractivity contribution >= 4 is 59.4 Å². The smallest absolute Gasteiger partial charge is 0.478 e. The first-order chi connectivity index (χ1) is 53.7. The summed E-state index contributed by atoms with van der Waals surface area (Å²) in [6.45, 7) is 16.8. The average Bonchev–Trinajstić information content (AvgIpc) is 1.60. The fraction of sp³-hybridized carbons (Fsp3) is 0.337. The molecular formula is C86H81BClF6N3O17. The van der Waals surface area contributed by atoms with Gasteiger partial charge < -0.3 is 53.0 Å². The molecule has 3 N–H and O–H groups in total. The van der Waals surface area contributed by atoms with Crippen LogP contribution in [-0.4, -0.2) is 103 Å². The number of aryl methyl sites for hydroxylation is 3. The number of ether oxygens (including phenoxy) is 8. The molecule has 28 heteroatoms. The van der Waals surface area contributed by atoms with Crippen LogP contribution in [0, 0.1) is 0 Å². The molecule has 3 aromatic heterocycles. The number of Topliss-reactive ketones (excluding diaryl/α,β-unsaturated/α-hetero) is 3. The van der Waals surface area contributed by atoms with Crippen LogP contribution in [0.3, 0.4) is 0 Å². The number of hydrogen-bond acceptors (Lipinski definition) is 19. The molecule has 3 fully saturated rings. The van der Waals surface area contributed by atoms with Gasteiger partial charge in [0.05, 0.1) is 44.3 Å². The highest BCUT2D eigenvalue weighted by molar-refractivity contribution is 6.58. The summed E-state index contributed by atoms with van der Waals surface area (Å²) in [5.74, 6) is -2.17. The lowest BCUT2D eigenvalue weighted by atomic mass is 9.80. The lowest BCUT2D eigenvalue weighted by Gasteiger charge is -2.19. The largest absolute Gasteiger partial charge is 0.586 e. The molecule has 20 nitrogen and oxygen atoms in total. The maximum Gasteiger partial charge on any atom is 0.586 e. The van der Waals surface area contributed by atoms with Crippen LogP contribution in [0.1, 0.15) is 182 Å². The zero-order valence-corrected chi connectivity index (χ0v) is 64.5. The van der Waals surface area contributed by atoms with E-state index in [0.29, 0.717) is 99.7 Å². The fourth-order valence-electron chi connectivity index (χ4n) is 13.5. The number of fused-ring (bicyclic) bond motifs is 3. The molecule has 6 heterocycles. The molecule has 0 atom stereocenters. The molecular weight excluding hydrogens is 1510 g/mol. The van der Waals surface area contributed by atoms with Gasteiger partial charge in [-0.25, -0.2) is 19.4 Å². The van der Waals surface area contributed by atoms with E-state index in [4.69, 9.17) is 46.2 Å². The molecule has 114 heavy (non-hydrogen) atoms. The van der Waals surface area contributed by atoms with Gasteiger partial charge in [-0.15, -0.1) is 26.3 Å². The van der Waals surface area contributed by atoms with E-state index in [1.165, 1.54) is 72.8 Å².